The maximum atomic E-state index is 13.9. The van der Waals surface area contributed by atoms with Crippen LogP contribution in [0.5, 0.6) is 80.5 Å². The number of carbonyl (C=O) groups is 8. The van der Waals surface area contributed by atoms with Gasteiger partial charge in [-0.15, -0.1) is 0 Å². The second-order valence-electron chi connectivity index (χ2n) is 29.8. The molecule has 24 heteroatoms. The van der Waals surface area contributed by atoms with E-state index in [1.807, 2.05) is 72.8 Å². The van der Waals surface area contributed by atoms with Gasteiger partial charge in [-0.1, -0.05) is 99.1 Å². The monoisotopic (exact) mass is 1800 g/mol. The van der Waals surface area contributed by atoms with Crippen molar-refractivity contribution < 1.29 is 114 Å². The first-order valence-electron chi connectivity index (χ1n) is 43.5. The highest BCUT2D eigenvalue weighted by molar-refractivity contribution is 6.05. The first-order chi connectivity index (χ1) is 65.5. The van der Waals surface area contributed by atoms with E-state index in [9.17, 15) is 38.4 Å². The zero-order valence-electron chi connectivity index (χ0n) is 73.8. The van der Waals surface area contributed by atoms with Gasteiger partial charge in [0.05, 0.1) is 48.7 Å². The number of ketones is 2. The highest BCUT2D eigenvalue weighted by Gasteiger charge is 2.22. The van der Waals surface area contributed by atoms with E-state index in [0.29, 0.717) is 117 Å². The summed E-state index contributed by atoms with van der Waals surface area (Å²) in [5, 5.41) is 0. The molecule has 0 N–H and O–H groups in total. The van der Waals surface area contributed by atoms with Crippen molar-refractivity contribution in [2.24, 2.45) is 0 Å². The van der Waals surface area contributed by atoms with Gasteiger partial charge < -0.3 is 75.8 Å². The topological polar surface area (TPSA) is 284 Å². The van der Waals surface area contributed by atoms with E-state index in [2.05, 4.69) is 26.3 Å². The molecule has 684 valence electrons. The van der Waals surface area contributed by atoms with Crippen LogP contribution in [0.3, 0.4) is 0 Å². The number of hydrogen-bond donors (Lipinski definition) is 0. The zero-order valence-corrected chi connectivity index (χ0v) is 73.8. The smallest absolute Gasteiger partial charge is 0.343 e. The van der Waals surface area contributed by atoms with Gasteiger partial charge in [0.25, 0.3) is 0 Å². The number of rotatable bonds is 54. The zero-order chi connectivity index (χ0) is 93.9. The number of unbranched alkanes of at least 4 members (excludes halogenated alkanes) is 4. The summed E-state index contributed by atoms with van der Waals surface area (Å²) < 4.78 is 93.0. The molecule has 12 aromatic carbocycles. The summed E-state index contributed by atoms with van der Waals surface area (Å²) in [6.07, 6.45) is 10.1. The molecule has 0 saturated heterocycles. The molecule has 12 aromatic rings. The van der Waals surface area contributed by atoms with Gasteiger partial charge in [-0.05, 0) is 314 Å². The number of hydrogen-bond acceptors (Lipinski definition) is 24. The predicted octanol–water partition coefficient (Wildman–Crippen LogP) is 20.6. The fourth-order valence-electron chi connectivity index (χ4n) is 13.2. The van der Waals surface area contributed by atoms with Crippen LogP contribution in [-0.4, -0.2) is 127 Å². The molecule has 0 aromatic heterocycles. The summed E-state index contributed by atoms with van der Waals surface area (Å²) in [5.41, 5.74) is 6.48. The molecule has 0 radical (unpaired) electrons. The lowest BCUT2D eigenvalue weighted by atomic mass is 9.85. The number of allylic oxidation sites excluding steroid dienone is 2. The lowest BCUT2D eigenvalue weighted by molar-refractivity contribution is -0.138. The Morgan fingerprint density at radius 2 is 0.358 bits per heavy atom. The molecule has 0 heterocycles. The summed E-state index contributed by atoms with van der Waals surface area (Å²) in [6, 6.07) is 82.8. The molecule has 0 amide bonds. The van der Waals surface area contributed by atoms with E-state index in [-0.39, 0.29) is 123 Å². The summed E-state index contributed by atoms with van der Waals surface area (Å²) in [4.78, 5) is 102. The van der Waals surface area contributed by atoms with Gasteiger partial charge in [-0.25, -0.2) is 28.8 Å². The molecule has 0 atom stereocenters. The largest absolute Gasteiger partial charge is 0.494 e. The fraction of sp³-hybridized carbons (Fsp3) is 0.182. The second-order valence-corrected chi connectivity index (χ2v) is 29.8. The second kappa shape index (κ2) is 51.6. The van der Waals surface area contributed by atoms with Crippen LogP contribution in [0.4, 0.5) is 0 Å². The molecular weight excluding hydrogens is 1710 g/mol. The van der Waals surface area contributed by atoms with Gasteiger partial charge >= 0.3 is 35.8 Å². The summed E-state index contributed by atoms with van der Waals surface area (Å²) in [6.45, 7) is 17.3. The Kier molecular flexibility index (Phi) is 37.2. The average Bonchev–Trinajstić information content (AvgIpc) is 0.774. The van der Waals surface area contributed by atoms with Gasteiger partial charge in [0, 0.05) is 25.0 Å². The van der Waals surface area contributed by atoms with Crippen molar-refractivity contribution in [3.63, 3.8) is 0 Å². The minimum absolute atomic E-state index is 0.0789. The number of ether oxygens (including phenoxy) is 16. The standard InChI is InChI=1S/C110H100O24/c1-5-87(111)75-77-15-35-89(36-16-77)121-67-69-123-91-39-27-83(28-40-91)107(115)131-99-47-19-79(20-48-99)105(81-23-51-101(52-24-81)133-109(117)85-31-43-93(44-32-85)125-71-73-127-97-59-55-95(56-60-97)119-63-11-9-13-65-129-103(113)7-3)106(80-21-49-100(50-22-80)132-108(116)84-29-41-92(42-30-84)124-70-68-122-90-37-17-78(18-38-90)76-88(112)6-2)82-25-53-102(54-26-82)134-110(118)86-33-45-94(46-34-86)126-72-74-128-98-61-57-96(58-62-98)120-64-12-10-14-66-130-104(114)8-4/h5-8,15-62H,1-4,9-14,63-76H2/b106-105-. The number of benzene rings is 12. The Hall–Kier alpha value is -16.5. The number of esters is 6. The van der Waals surface area contributed by atoms with Crippen LogP contribution < -0.4 is 66.3 Å². The quantitative estimate of drug-likeness (QED) is 0.0112. The summed E-state index contributed by atoms with van der Waals surface area (Å²) in [5.74, 6) is 3.20. The van der Waals surface area contributed by atoms with Crippen LogP contribution in [0.1, 0.15) is 113 Å². The molecule has 0 spiro atoms. The minimum Gasteiger partial charge on any atom is -0.494 e. The lowest BCUT2D eigenvalue weighted by Gasteiger charge is -2.19. The average molecular weight is 1810 g/mol. The van der Waals surface area contributed by atoms with Crippen molar-refractivity contribution in [1.29, 1.82) is 0 Å². The van der Waals surface area contributed by atoms with Crippen LogP contribution >= 0.6 is 0 Å². The predicted molar refractivity (Wildman–Crippen MR) is 505 cm³/mol. The molecule has 0 aliphatic carbocycles. The molecule has 0 fully saturated rings. The third kappa shape index (κ3) is 31.4. The van der Waals surface area contributed by atoms with E-state index in [1.165, 1.54) is 12.2 Å². The Morgan fingerprint density at radius 1 is 0.187 bits per heavy atom. The van der Waals surface area contributed by atoms with Crippen LogP contribution in [0.15, 0.2) is 342 Å². The van der Waals surface area contributed by atoms with Gasteiger partial charge in [-0.3, -0.25) is 9.59 Å². The molecule has 134 heavy (non-hydrogen) atoms. The maximum Gasteiger partial charge on any atom is 0.343 e. The minimum atomic E-state index is -0.635. The number of carbonyl (C=O) groups excluding carboxylic acids is 8. The molecule has 24 nitrogen and oxygen atoms in total. The van der Waals surface area contributed by atoms with E-state index < -0.39 is 35.8 Å². The Balaban J connectivity index is 0.745. The van der Waals surface area contributed by atoms with E-state index in [0.717, 1.165) is 61.8 Å². The van der Waals surface area contributed by atoms with Crippen molar-refractivity contribution in [3.8, 4) is 80.5 Å². The lowest BCUT2D eigenvalue weighted by Crippen LogP contribution is -2.10. The third-order valence-corrected chi connectivity index (χ3v) is 20.2. The summed E-state index contributed by atoms with van der Waals surface area (Å²) >= 11 is 0. The highest BCUT2D eigenvalue weighted by atomic mass is 16.6. The first kappa shape index (κ1) is 96.6. The summed E-state index contributed by atoms with van der Waals surface area (Å²) in [7, 11) is 0. The van der Waals surface area contributed by atoms with E-state index in [1.54, 1.807) is 218 Å². The van der Waals surface area contributed by atoms with Crippen LogP contribution in [0.25, 0.3) is 11.1 Å². The van der Waals surface area contributed by atoms with E-state index in [4.69, 9.17) is 75.8 Å². The molecule has 0 saturated carbocycles. The highest BCUT2D eigenvalue weighted by Crippen LogP contribution is 2.40. The molecular formula is C110H100O24. The van der Waals surface area contributed by atoms with Gasteiger partial charge in [0.2, 0.25) is 0 Å². The Morgan fingerprint density at radius 3 is 0.560 bits per heavy atom. The molecule has 12 rings (SSSR count). The van der Waals surface area contributed by atoms with Crippen molar-refractivity contribution in [2.45, 2.75) is 51.4 Å². The Bertz CT molecular complexity index is 5540. The Labute approximate surface area is 777 Å². The fourth-order valence-corrected chi connectivity index (χ4v) is 13.2. The molecule has 0 unspecified atom stereocenters. The first-order valence-corrected chi connectivity index (χ1v) is 43.5. The normalized spacial score (nSPS) is 10.9. The van der Waals surface area contributed by atoms with Crippen molar-refractivity contribution in [3.05, 3.63) is 397 Å². The van der Waals surface area contributed by atoms with Crippen LogP contribution in [0, 0.1) is 0 Å². The van der Waals surface area contributed by atoms with Crippen molar-refractivity contribution >= 4 is 58.5 Å². The van der Waals surface area contributed by atoms with Gasteiger partial charge in [0.1, 0.15) is 133 Å². The van der Waals surface area contributed by atoms with Crippen LogP contribution in [-0.2, 0) is 41.5 Å². The van der Waals surface area contributed by atoms with Crippen molar-refractivity contribution in [1.82, 2.24) is 0 Å². The SMILES string of the molecule is C=CC(=O)Cc1ccc(OCCOc2ccc(C(=O)Oc3ccc(/C(=C(\c4ccc(OC(=O)c5ccc(OCCOc6ccc(CC(=O)C=C)cc6)cc5)cc4)c4ccc(OC(=O)c5ccc(OCCOc6ccc(OCCCCCOC(=O)C=C)cc6)cc5)cc4)c4ccc(OC(=O)c5ccc(OCCOc6ccc(OCCCCCOC(=O)C=C)cc6)cc5)cc4)cc3)cc2)cc1. The van der Waals surface area contributed by atoms with Crippen LogP contribution in [0.2, 0.25) is 0 Å². The molecule has 0 bridgehead atoms. The third-order valence-electron chi connectivity index (χ3n) is 20.2. The molecule has 0 aliphatic heterocycles. The molecule has 0 aliphatic rings. The van der Waals surface area contributed by atoms with Crippen molar-refractivity contribution in [2.75, 3.05) is 79.3 Å². The van der Waals surface area contributed by atoms with Gasteiger partial charge in [-0.2, -0.15) is 0 Å². The maximum absolute atomic E-state index is 13.9. The van der Waals surface area contributed by atoms with Gasteiger partial charge in [0.15, 0.2) is 11.6 Å². The van der Waals surface area contributed by atoms with E-state index >= 15 is 0 Å².